The molecule has 4 bridgehead atoms. The van der Waals surface area contributed by atoms with Crippen molar-refractivity contribution in [1.29, 1.82) is 0 Å². The van der Waals surface area contributed by atoms with Crippen molar-refractivity contribution in [1.82, 2.24) is 0 Å². The fourth-order valence-corrected chi connectivity index (χ4v) is 34.1. The van der Waals surface area contributed by atoms with Crippen LogP contribution < -0.4 is 30.5 Å². The number of furan rings is 1. The van der Waals surface area contributed by atoms with Crippen molar-refractivity contribution in [3.8, 4) is 33.4 Å². The van der Waals surface area contributed by atoms with Crippen LogP contribution in [0.3, 0.4) is 0 Å². The summed E-state index contributed by atoms with van der Waals surface area (Å²) in [5.41, 5.74) is 29.6. The van der Waals surface area contributed by atoms with Crippen LogP contribution in [-0.2, 0) is 27.1 Å². The third-order valence-corrected chi connectivity index (χ3v) is 38.6. The van der Waals surface area contributed by atoms with Crippen LogP contribution in [0.1, 0.15) is 155 Å². The highest BCUT2D eigenvalue weighted by Crippen LogP contribution is 2.78. The first-order chi connectivity index (χ1) is 61.7. The molecule has 4 unspecified atom stereocenters. The van der Waals surface area contributed by atoms with Crippen molar-refractivity contribution in [3.63, 3.8) is 0 Å². The molecule has 6 fully saturated rings. The van der Waals surface area contributed by atoms with Gasteiger partial charge in [-0.05, 0) is 298 Å². The van der Waals surface area contributed by atoms with Gasteiger partial charge in [-0.15, -0.1) is 0 Å². The van der Waals surface area contributed by atoms with Crippen LogP contribution in [0.4, 0.5) is 34.1 Å². The molecule has 4 heteroatoms. The van der Waals surface area contributed by atoms with Gasteiger partial charge in [-0.2, -0.15) is 0 Å². The van der Waals surface area contributed by atoms with Crippen LogP contribution in [-0.4, -0.2) is 8.07 Å². The van der Waals surface area contributed by atoms with Gasteiger partial charge < -0.3 is 14.2 Å². The van der Waals surface area contributed by atoms with Crippen LogP contribution in [0, 0.1) is 41.4 Å². The summed E-state index contributed by atoms with van der Waals surface area (Å²) in [5, 5.41) is 10.5. The quantitative estimate of drug-likeness (QED) is 0.0799. The zero-order valence-electron chi connectivity index (χ0n) is 73.0. The van der Waals surface area contributed by atoms with E-state index in [1.807, 2.05) is 0 Å². The van der Waals surface area contributed by atoms with Gasteiger partial charge >= 0.3 is 0 Å². The Morgan fingerprint density at radius 1 is 0.286 bits per heavy atom. The fraction of sp³-hybridized carbons (Fsp3) is 0.230. The topological polar surface area (TPSA) is 19.6 Å². The first-order valence-electron chi connectivity index (χ1n) is 46.9. The summed E-state index contributed by atoms with van der Waals surface area (Å²) in [6.07, 6.45) is 10.1. The van der Waals surface area contributed by atoms with Gasteiger partial charge in [0, 0.05) is 66.3 Å². The van der Waals surface area contributed by atoms with Crippen molar-refractivity contribution in [2.45, 2.75) is 132 Å². The van der Waals surface area contributed by atoms with Gasteiger partial charge in [0.2, 0.25) is 0 Å². The minimum atomic E-state index is -2.69. The second-order valence-electron chi connectivity index (χ2n) is 40.5. The average molecular weight is 1640 g/mol. The van der Waals surface area contributed by atoms with Gasteiger partial charge in [-0.1, -0.05) is 345 Å². The van der Waals surface area contributed by atoms with Gasteiger partial charge in [0.1, 0.15) is 11.2 Å². The Morgan fingerprint density at radius 3 is 1.28 bits per heavy atom. The zero-order valence-corrected chi connectivity index (χ0v) is 74.0. The highest BCUT2D eigenvalue weighted by Gasteiger charge is 2.72. The van der Waals surface area contributed by atoms with E-state index in [2.05, 4.69) is 434 Å². The summed E-state index contributed by atoms with van der Waals surface area (Å²) < 4.78 is 6.53. The average Bonchev–Trinajstić information content (AvgIpc) is 1.50. The summed E-state index contributed by atoms with van der Waals surface area (Å²) in [6.45, 7) is 15.5. The van der Waals surface area contributed by atoms with Gasteiger partial charge in [-0.25, -0.2) is 0 Å². The third kappa shape index (κ3) is 10.9. The van der Waals surface area contributed by atoms with E-state index in [-0.39, 0.29) is 27.1 Å². The molecule has 16 aromatic carbocycles. The number of hydrogen-bond donors (Lipinski definition) is 0. The molecule has 614 valence electrons. The van der Waals surface area contributed by atoms with E-state index < -0.39 is 8.07 Å². The monoisotopic (exact) mass is 1640 g/mol. The Bertz CT molecular complexity index is 7020. The summed E-state index contributed by atoms with van der Waals surface area (Å²) in [5.74, 6) is 5.42. The molecule has 25 rings (SSSR count). The maximum Gasteiger partial charge on any atom is 0.179 e. The van der Waals surface area contributed by atoms with Gasteiger partial charge in [0.25, 0.3) is 0 Å². The minimum Gasteiger partial charge on any atom is -0.456 e. The fourth-order valence-electron chi connectivity index (χ4n) is 29.3. The van der Waals surface area contributed by atoms with E-state index in [1.54, 1.807) is 22.3 Å². The molecule has 6 saturated carbocycles. The van der Waals surface area contributed by atoms with Crippen molar-refractivity contribution < 1.29 is 4.42 Å². The number of para-hydroxylation sites is 2. The molecular weight excluding hydrogens is 1540 g/mol. The molecule has 8 aliphatic rings. The lowest BCUT2D eigenvalue weighted by Crippen LogP contribution is -2.74. The predicted octanol–water partition coefficient (Wildman–Crippen LogP) is 28.9. The molecule has 0 N–H and O–H groups in total. The van der Waals surface area contributed by atoms with Crippen LogP contribution >= 0.6 is 0 Å². The molecule has 17 aromatic rings. The highest BCUT2D eigenvalue weighted by atomic mass is 28.3. The lowest BCUT2D eigenvalue weighted by Gasteiger charge is -2.55. The van der Waals surface area contributed by atoms with Gasteiger partial charge in [0.15, 0.2) is 8.07 Å². The lowest BCUT2D eigenvalue weighted by molar-refractivity contribution is 0.0628. The van der Waals surface area contributed by atoms with Crippen molar-refractivity contribution in [2.24, 2.45) is 41.4 Å². The smallest absolute Gasteiger partial charge is 0.179 e. The molecule has 12 atom stereocenters. The highest BCUT2D eigenvalue weighted by molar-refractivity contribution is 7.19. The number of fused-ring (bicyclic) bond motifs is 8. The van der Waals surface area contributed by atoms with E-state index >= 15 is 0 Å². The number of rotatable bonds is 14. The summed E-state index contributed by atoms with van der Waals surface area (Å²) in [4.78, 5) is 5.20. The summed E-state index contributed by atoms with van der Waals surface area (Å²) in [6, 6.07) is 148. The summed E-state index contributed by atoms with van der Waals surface area (Å²) >= 11 is 0. The largest absolute Gasteiger partial charge is 0.456 e. The number of nitrogens with zero attached hydrogens (tertiary/aromatic N) is 2. The first kappa shape index (κ1) is 75.9. The third-order valence-electron chi connectivity index (χ3n) is 33.8. The second kappa shape index (κ2) is 28.5. The zero-order chi connectivity index (χ0) is 84.2. The van der Waals surface area contributed by atoms with Crippen LogP contribution in [0.15, 0.2) is 387 Å². The maximum absolute atomic E-state index is 6.53. The Labute approximate surface area is 743 Å². The molecule has 0 saturated heterocycles. The second-order valence-corrected chi connectivity index (χ2v) is 44.3. The Kier molecular flexibility index (Phi) is 17.1. The Hall–Kier alpha value is -12.6. The number of benzene rings is 16. The predicted molar refractivity (Wildman–Crippen MR) is 527 cm³/mol. The molecule has 2 spiro atoms. The normalized spacial score (nSPS) is 24.6. The van der Waals surface area contributed by atoms with Gasteiger partial charge in [-0.3, -0.25) is 0 Å². The molecule has 1 heterocycles. The van der Waals surface area contributed by atoms with E-state index in [4.69, 9.17) is 4.42 Å². The Balaban J connectivity index is 0.595. The standard InChI is InChI=1S/C122H106N2OSi/c1-78-68-84-70-82-71-85(69-78)121(84)108-67-63-92(75-111(108)119(4,5)105-46-24-21-40-102(105)116(82)121)124(90-60-54-81(55-61-90)97-38-19-20-39-98(97)101-45-29-51-114-115(101)104-42-23-26-50-113(104)125-114)112-49-28-43-99-100(112)44-27-48-107(99)120(6)76-86-72-83-73-87(77-120)122(86)109-66-62-91(74-110(109)118(2,3)106-47-25-22-41-103(106)117(83)122)123(88-30-11-7-12-31-88)89-58-52-79(53-59-89)80-56-64-96(65-57-80)126(93-32-13-8-14-33-93,94-34-15-9-16-35-94)95-36-17-10-18-37-95/h7-67,74-75,78,82-87,116-117H,68-73,76-77H2,1-6H3/t78-,82+,83-,84+,85-,86+,87-,116?,117?,120-,121?,122?. The SMILES string of the molecule is C[C@H]1C[C@@H]2C[C@@H]3C[C@H](C1)C21c2ccc(N(c4ccc(-c5ccccc5-c5cccc6oc7ccccc7c56)cc4)c4cccc5c([C@@]6(C)C[C@H]7C[C@H]8C[C@@H](C6)C76c7ccc(N(c9ccccc9)c9ccc(-c%10ccc([Si](c%11ccccc%11)(c%11ccccc%11)c%11ccccc%11)cc%10)cc9)cc7C(C)(C)c7ccccc7C86)cccc45)cc2C(C)(C)c2ccccc2C31. The molecule has 126 heavy (non-hydrogen) atoms. The van der Waals surface area contributed by atoms with Crippen molar-refractivity contribution in [2.75, 3.05) is 9.80 Å². The van der Waals surface area contributed by atoms with E-state index in [0.29, 0.717) is 41.4 Å². The van der Waals surface area contributed by atoms with Crippen molar-refractivity contribution in [3.05, 3.63) is 432 Å². The molecule has 0 amide bonds. The lowest BCUT2D eigenvalue weighted by atomic mass is 9.48. The summed E-state index contributed by atoms with van der Waals surface area (Å²) in [7, 11) is -2.69. The van der Waals surface area contributed by atoms with Crippen molar-refractivity contribution >= 4 is 95.7 Å². The first-order valence-corrected chi connectivity index (χ1v) is 48.9. The molecule has 0 radical (unpaired) electrons. The maximum atomic E-state index is 6.53. The van der Waals surface area contributed by atoms with E-state index in [9.17, 15) is 0 Å². The molecule has 1 aromatic heterocycles. The number of hydrogen-bond acceptors (Lipinski definition) is 3. The minimum absolute atomic E-state index is 0.0314. The van der Waals surface area contributed by atoms with Crippen LogP contribution in [0.2, 0.25) is 0 Å². The van der Waals surface area contributed by atoms with E-state index in [1.165, 1.54) is 148 Å². The van der Waals surface area contributed by atoms with Crippen LogP contribution in [0.5, 0.6) is 0 Å². The van der Waals surface area contributed by atoms with E-state index in [0.717, 1.165) is 63.7 Å². The van der Waals surface area contributed by atoms with Crippen LogP contribution in [0.25, 0.3) is 66.1 Å². The molecule has 0 aliphatic heterocycles. The molecule has 3 nitrogen and oxygen atoms in total. The van der Waals surface area contributed by atoms with Gasteiger partial charge in [0.05, 0.1) is 5.69 Å². The Morgan fingerprint density at radius 2 is 0.690 bits per heavy atom. The molecular formula is C122H106N2OSi. The molecule has 8 aliphatic carbocycles. The number of anilines is 6.